The third-order valence-corrected chi connectivity index (χ3v) is 4.87. The Labute approximate surface area is 106 Å². The van der Waals surface area contributed by atoms with Crippen LogP contribution in [0.15, 0.2) is 24.3 Å². The Bertz CT molecular complexity index is 528. The number of rotatable bonds is 6. The van der Waals surface area contributed by atoms with Crippen molar-refractivity contribution in [1.82, 2.24) is 0 Å². The number of nitrogens with zero attached hydrogens (tertiary/aromatic N) is 1. The Morgan fingerprint density at radius 1 is 1.44 bits per heavy atom. The van der Waals surface area contributed by atoms with Gasteiger partial charge in [0.15, 0.2) is 9.84 Å². The molecule has 2 N–H and O–H groups in total. The van der Waals surface area contributed by atoms with Crippen molar-refractivity contribution in [3.05, 3.63) is 39.9 Å². The highest BCUT2D eigenvalue weighted by atomic mass is 32.2. The fraction of sp³-hybridized carbons (Fsp3) is 0.455. The summed E-state index contributed by atoms with van der Waals surface area (Å²) >= 11 is 0. The van der Waals surface area contributed by atoms with Gasteiger partial charge in [0.2, 0.25) is 0 Å². The third-order valence-electron chi connectivity index (χ3n) is 2.68. The van der Waals surface area contributed by atoms with Gasteiger partial charge in [0.1, 0.15) is 0 Å². The van der Waals surface area contributed by atoms with Crippen molar-refractivity contribution in [2.45, 2.75) is 24.3 Å². The molecule has 0 saturated heterocycles. The van der Waals surface area contributed by atoms with Crippen LogP contribution in [0.5, 0.6) is 0 Å². The van der Waals surface area contributed by atoms with Gasteiger partial charge in [-0.05, 0) is 25.5 Å². The zero-order chi connectivity index (χ0) is 13.8. The molecular weight excluding hydrogens is 256 g/mol. The predicted molar refractivity (Wildman–Crippen MR) is 68.9 cm³/mol. The fourth-order valence-corrected chi connectivity index (χ4v) is 2.97. The lowest BCUT2D eigenvalue weighted by atomic mass is 10.2. The van der Waals surface area contributed by atoms with E-state index in [1.54, 1.807) is 13.0 Å². The monoisotopic (exact) mass is 272 g/mol. The maximum absolute atomic E-state index is 11.9. The molecule has 0 aliphatic heterocycles. The Morgan fingerprint density at radius 2 is 2.11 bits per heavy atom. The van der Waals surface area contributed by atoms with E-state index in [-0.39, 0.29) is 11.4 Å². The van der Waals surface area contributed by atoms with E-state index in [0.29, 0.717) is 18.5 Å². The lowest BCUT2D eigenvalue weighted by molar-refractivity contribution is -0.384. The Kier molecular flexibility index (Phi) is 4.80. The summed E-state index contributed by atoms with van der Waals surface area (Å²) in [6.07, 6.45) is 0.386. The van der Waals surface area contributed by atoms with Gasteiger partial charge in [0, 0.05) is 12.1 Å². The van der Waals surface area contributed by atoms with E-state index in [0.717, 1.165) is 0 Å². The molecule has 0 aliphatic carbocycles. The molecule has 7 heteroatoms. The molecule has 1 unspecified atom stereocenters. The van der Waals surface area contributed by atoms with E-state index in [1.165, 1.54) is 18.2 Å². The van der Waals surface area contributed by atoms with Crippen LogP contribution in [0.25, 0.3) is 0 Å². The molecule has 0 amide bonds. The molecule has 1 rings (SSSR count). The lowest BCUT2D eigenvalue weighted by Crippen LogP contribution is -2.22. The SMILES string of the molecule is CC(CCN)S(=O)(=O)Cc1cccc([N+](=O)[O-])c1. The number of hydrogen-bond donors (Lipinski definition) is 1. The number of hydrogen-bond acceptors (Lipinski definition) is 5. The maximum atomic E-state index is 11.9. The van der Waals surface area contributed by atoms with Crippen LogP contribution in [-0.4, -0.2) is 25.1 Å². The van der Waals surface area contributed by atoms with E-state index in [1.807, 2.05) is 0 Å². The molecule has 0 saturated carbocycles. The molecule has 0 radical (unpaired) electrons. The number of sulfone groups is 1. The van der Waals surface area contributed by atoms with Gasteiger partial charge in [-0.15, -0.1) is 0 Å². The van der Waals surface area contributed by atoms with Crippen LogP contribution >= 0.6 is 0 Å². The highest BCUT2D eigenvalue weighted by Crippen LogP contribution is 2.18. The average molecular weight is 272 g/mol. The molecule has 6 nitrogen and oxygen atoms in total. The molecule has 1 atom stereocenters. The van der Waals surface area contributed by atoms with E-state index < -0.39 is 20.0 Å². The highest BCUT2D eigenvalue weighted by Gasteiger charge is 2.21. The first-order valence-electron chi connectivity index (χ1n) is 5.52. The summed E-state index contributed by atoms with van der Waals surface area (Å²) in [5, 5.41) is 10.1. The van der Waals surface area contributed by atoms with E-state index in [4.69, 9.17) is 5.73 Å². The second-order valence-corrected chi connectivity index (χ2v) is 6.54. The van der Waals surface area contributed by atoms with E-state index in [9.17, 15) is 18.5 Å². The molecule has 0 heterocycles. The number of nitro benzene ring substituents is 1. The summed E-state index contributed by atoms with van der Waals surface area (Å²) in [5.41, 5.74) is 5.65. The highest BCUT2D eigenvalue weighted by molar-refractivity contribution is 7.91. The first-order valence-corrected chi connectivity index (χ1v) is 7.23. The van der Waals surface area contributed by atoms with Gasteiger partial charge >= 0.3 is 0 Å². The van der Waals surface area contributed by atoms with E-state index in [2.05, 4.69) is 0 Å². The zero-order valence-electron chi connectivity index (χ0n) is 10.1. The van der Waals surface area contributed by atoms with Crippen molar-refractivity contribution in [3.8, 4) is 0 Å². The fourth-order valence-electron chi connectivity index (χ4n) is 1.55. The second-order valence-electron chi connectivity index (χ2n) is 4.12. The van der Waals surface area contributed by atoms with Crippen molar-refractivity contribution >= 4 is 15.5 Å². The first-order chi connectivity index (χ1) is 8.36. The molecule has 0 fully saturated rings. The summed E-state index contributed by atoms with van der Waals surface area (Å²) in [7, 11) is -3.32. The quantitative estimate of drug-likeness (QED) is 0.620. The van der Waals surface area contributed by atoms with Gasteiger partial charge in [-0.2, -0.15) is 0 Å². The number of non-ortho nitro benzene ring substituents is 1. The first kappa shape index (κ1) is 14.6. The van der Waals surface area contributed by atoms with Crippen LogP contribution in [0.4, 0.5) is 5.69 Å². The molecule has 100 valence electrons. The van der Waals surface area contributed by atoms with Crippen molar-refractivity contribution in [3.63, 3.8) is 0 Å². The minimum atomic E-state index is -3.32. The largest absolute Gasteiger partial charge is 0.330 e. The normalized spacial score (nSPS) is 13.2. The molecule has 1 aromatic rings. The number of benzene rings is 1. The van der Waals surface area contributed by atoms with Gasteiger partial charge in [0.25, 0.3) is 5.69 Å². The topological polar surface area (TPSA) is 103 Å². The molecular formula is C11H16N2O4S. The Morgan fingerprint density at radius 3 is 2.67 bits per heavy atom. The minimum Gasteiger partial charge on any atom is -0.330 e. The summed E-state index contributed by atoms with van der Waals surface area (Å²) in [6.45, 7) is 1.90. The molecule has 0 bridgehead atoms. The van der Waals surface area contributed by atoms with Crippen LogP contribution in [-0.2, 0) is 15.6 Å². The second kappa shape index (κ2) is 5.92. The van der Waals surface area contributed by atoms with Crippen LogP contribution in [0.3, 0.4) is 0 Å². The lowest BCUT2D eigenvalue weighted by Gasteiger charge is -2.11. The Balaban J connectivity index is 2.90. The van der Waals surface area contributed by atoms with Gasteiger partial charge in [-0.3, -0.25) is 10.1 Å². The molecule has 0 aromatic heterocycles. The van der Waals surface area contributed by atoms with Gasteiger partial charge in [-0.1, -0.05) is 12.1 Å². The van der Waals surface area contributed by atoms with E-state index >= 15 is 0 Å². The molecule has 18 heavy (non-hydrogen) atoms. The summed E-state index contributed by atoms with van der Waals surface area (Å²) in [5.74, 6) is -0.199. The maximum Gasteiger partial charge on any atom is 0.269 e. The van der Waals surface area contributed by atoms with Crippen molar-refractivity contribution in [2.24, 2.45) is 5.73 Å². The molecule has 0 spiro atoms. The van der Waals surface area contributed by atoms with Crippen LogP contribution < -0.4 is 5.73 Å². The average Bonchev–Trinajstić information content (AvgIpc) is 2.29. The predicted octanol–water partition coefficient (Wildman–Crippen LogP) is 1.25. The minimum absolute atomic E-state index is 0.103. The summed E-state index contributed by atoms with van der Waals surface area (Å²) < 4.78 is 23.9. The zero-order valence-corrected chi connectivity index (χ0v) is 10.9. The molecule has 1 aromatic carbocycles. The third kappa shape index (κ3) is 3.78. The summed E-state index contributed by atoms with van der Waals surface area (Å²) in [6, 6.07) is 5.67. The van der Waals surface area contributed by atoms with Gasteiger partial charge < -0.3 is 5.73 Å². The van der Waals surface area contributed by atoms with Crippen molar-refractivity contribution in [1.29, 1.82) is 0 Å². The van der Waals surface area contributed by atoms with Crippen LogP contribution in [0, 0.1) is 10.1 Å². The summed E-state index contributed by atoms with van der Waals surface area (Å²) in [4.78, 5) is 10.1. The van der Waals surface area contributed by atoms with Gasteiger partial charge in [-0.25, -0.2) is 8.42 Å². The number of nitro groups is 1. The smallest absolute Gasteiger partial charge is 0.269 e. The Hall–Kier alpha value is -1.47. The van der Waals surface area contributed by atoms with Crippen molar-refractivity contribution < 1.29 is 13.3 Å². The van der Waals surface area contributed by atoms with Crippen LogP contribution in [0.1, 0.15) is 18.9 Å². The van der Waals surface area contributed by atoms with Crippen molar-refractivity contribution in [2.75, 3.05) is 6.54 Å². The number of nitrogens with two attached hydrogens (primary N) is 1. The van der Waals surface area contributed by atoms with Crippen LogP contribution in [0.2, 0.25) is 0 Å². The van der Waals surface area contributed by atoms with Gasteiger partial charge in [0.05, 0.1) is 15.9 Å². The standard InChI is InChI=1S/C11H16N2O4S/c1-9(5-6-12)18(16,17)8-10-3-2-4-11(7-10)13(14)15/h2-4,7,9H,5-6,8,12H2,1H3. The molecule has 0 aliphatic rings.